The summed E-state index contributed by atoms with van der Waals surface area (Å²) < 4.78 is 0. The third kappa shape index (κ3) is 6.35. The molecular weight excluding hydrogens is 536 g/mol. The number of hydrogen-bond donors (Lipinski definition) is 0. The molecule has 6 rings (SSSR count). The van der Waals surface area contributed by atoms with Gasteiger partial charge in [-0.2, -0.15) is 0 Å². The number of aromatic nitrogens is 4. The Morgan fingerprint density at radius 3 is 1.00 bits per heavy atom. The summed E-state index contributed by atoms with van der Waals surface area (Å²) in [5, 5.41) is 0. The zero-order valence-corrected chi connectivity index (χ0v) is 26.3. The SMILES string of the molecule is CC(C)(C)c1ccc(-c2cc(-c3ccccn3)nc(-c3cc(-c4ccc(C(C)(C)C)cc4)cc(-c4ccccn4)n3)c2)cc1. The molecule has 0 aliphatic rings. The average molecular weight is 575 g/mol. The van der Waals surface area contributed by atoms with Crippen LogP contribution in [0.2, 0.25) is 0 Å². The van der Waals surface area contributed by atoms with Crippen LogP contribution in [0.15, 0.2) is 122 Å². The van der Waals surface area contributed by atoms with Crippen LogP contribution in [0.25, 0.3) is 56.4 Å². The van der Waals surface area contributed by atoms with E-state index in [0.29, 0.717) is 0 Å². The zero-order chi connectivity index (χ0) is 30.9. The third-order valence-electron chi connectivity index (χ3n) is 7.94. The molecule has 4 nitrogen and oxygen atoms in total. The van der Waals surface area contributed by atoms with Crippen LogP contribution in [0.1, 0.15) is 52.7 Å². The summed E-state index contributed by atoms with van der Waals surface area (Å²) in [6, 6.07) is 38.0. The van der Waals surface area contributed by atoms with Gasteiger partial charge in [0.05, 0.1) is 34.2 Å². The van der Waals surface area contributed by atoms with Crippen LogP contribution in [-0.2, 0) is 10.8 Å². The number of benzene rings is 2. The lowest BCUT2D eigenvalue weighted by molar-refractivity contribution is 0.590. The molecule has 0 saturated heterocycles. The van der Waals surface area contributed by atoms with Crippen molar-refractivity contribution in [3.63, 3.8) is 0 Å². The van der Waals surface area contributed by atoms with Crippen molar-refractivity contribution < 1.29 is 0 Å². The highest BCUT2D eigenvalue weighted by Gasteiger charge is 2.17. The summed E-state index contributed by atoms with van der Waals surface area (Å²) in [5.74, 6) is 0. The second-order valence-electron chi connectivity index (χ2n) is 13.3. The second-order valence-corrected chi connectivity index (χ2v) is 13.3. The first-order chi connectivity index (χ1) is 21.0. The van der Waals surface area contributed by atoms with Gasteiger partial charge in [-0.15, -0.1) is 0 Å². The van der Waals surface area contributed by atoms with Gasteiger partial charge in [0, 0.05) is 12.4 Å². The van der Waals surface area contributed by atoms with Gasteiger partial charge >= 0.3 is 0 Å². The first-order valence-corrected chi connectivity index (χ1v) is 15.1. The molecule has 0 aliphatic heterocycles. The minimum absolute atomic E-state index is 0.0817. The summed E-state index contributed by atoms with van der Waals surface area (Å²) >= 11 is 0. The maximum atomic E-state index is 5.13. The average Bonchev–Trinajstić information content (AvgIpc) is 3.04. The molecule has 6 aromatic rings. The Labute approximate surface area is 261 Å². The maximum Gasteiger partial charge on any atom is 0.0901 e. The molecule has 0 spiro atoms. The zero-order valence-electron chi connectivity index (χ0n) is 26.3. The van der Waals surface area contributed by atoms with Gasteiger partial charge in [0.15, 0.2) is 0 Å². The van der Waals surface area contributed by atoms with Crippen LogP contribution in [0.4, 0.5) is 0 Å². The summed E-state index contributed by atoms with van der Waals surface area (Å²) in [5.41, 5.74) is 12.0. The van der Waals surface area contributed by atoms with E-state index in [-0.39, 0.29) is 10.8 Å². The van der Waals surface area contributed by atoms with E-state index in [1.54, 1.807) is 12.4 Å². The predicted octanol–water partition coefficient (Wildman–Crippen LogP) is 10.2. The van der Waals surface area contributed by atoms with Crippen molar-refractivity contribution in [3.05, 3.63) is 133 Å². The minimum Gasteiger partial charge on any atom is -0.255 e. The van der Waals surface area contributed by atoms with Gasteiger partial charge in [-0.25, -0.2) is 9.97 Å². The molecule has 218 valence electrons. The van der Waals surface area contributed by atoms with Crippen LogP contribution in [0.3, 0.4) is 0 Å². The van der Waals surface area contributed by atoms with Crippen molar-refractivity contribution in [2.75, 3.05) is 0 Å². The Balaban J connectivity index is 1.53. The van der Waals surface area contributed by atoms with E-state index in [1.165, 1.54) is 11.1 Å². The Kier molecular flexibility index (Phi) is 7.69. The molecule has 4 heteroatoms. The topological polar surface area (TPSA) is 51.6 Å². The highest BCUT2D eigenvalue weighted by molar-refractivity contribution is 5.79. The molecule has 0 saturated carbocycles. The van der Waals surface area contributed by atoms with Gasteiger partial charge in [0.2, 0.25) is 0 Å². The van der Waals surface area contributed by atoms with Gasteiger partial charge in [0.1, 0.15) is 0 Å². The maximum absolute atomic E-state index is 5.13. The fourth-order valence-electron chi connectivity index (χ4n) is 5.27. The summed E-state index contributed by atoms with van der Waals surface area (Å²) in [6.07, 6.45) is 3.61. The molecule has 0 radical (unpaired) electrons. The summed E-state index contributed by atoms with van der Waals surface area (Å²) in [6.45, 7) is 13.4. The molecule has 0 fully saturated rings. The molecule has 4 aromatic heterocycles. The molecule has 44 heavy (non-hydrogen) atoms. The van der Waals surface area contributed by atoms with Gasteiger partial charge in [-0.3, -0.25) is 9.97 Å². The quantitative estimate of drug-likeness (QED) is 0.206. The van der Waals surface area contributed by atoms with Crippen molar-refractivity contribution in [2.45, 2.75) is 52.4 Å². The highest BCUT2D eigenvalue weighted by Crippen LogP contribution is 2.34. The van der Waals surface area contributed by atoms with E-state index in [4.69, 9.17) is 9.97 Å². The smallest absolute Gasteiger partial charge is 0.0901 e. The van der Waals surface area contributed by atoms with Crippen LogP contribution in [-0.4, -0.2) is 19.9 Å². The van der Waals surface area contributed by atoms with Crippen LogP contribution in [0.5, 0.6) is 0 Å². The van der Waals surface area contributed by atoms with E-state index >= 15 is 0 Å². The molecule has 0 amide bonds. The Bertz CT molecular complexity index is 1740. The highest BCUT2D eigenvalue weighted by atomic mass is 14.8. The molecule has 2 aromatic carbocycles. The van der Waals surface area contributed by atoms with Crippen LogP contribution >= 0.6 is 0 Å². The number of pyridine rings is 4. The minimum atomic E-state index is 0.0817. The molecule has 0 aliphatic carbocycles. The lowest BCUT2D eigenvalue weighted by Crippen LogP contribution is -2.10. The fraction of sp³-hybridized carbons (Fsp3) is 0.200. The number of nitrogens with zero attached hydrogens (tertiary/aromatic N) is 4. The van der Waals surface area contributed by atoms with E-state index in [0.717, 1.165) is 56.4 Å². The van der Waals surface area contributed by atoms with Gasteiger partial charge in [-0.1, -0.05) is 102 Å². The van der Waals surface area contributed by atoms with Crippen molar-refractivity contribution in [3.8, 4) is 56.4 Å². The first kappa shape index (κ1) is 29.1. The molecular formula is C40H38N4. The molecule has 0 bridgehead atoms. The van der Waals surface area contributed by atoms with E-state index in [2.05, 4.69) is 124 Å². The molecule has 0 N–H and O–H groups in total. The Morgan fingerprint density at radius 2 is 0.705 bits per heavy atom. The van der Waals surface area contributed by atoms with Crippen molar-refractivity contribution in [1.82, 2.24) is 19.9 Å². The normalized spacial score (nSPS) is 11.9. The fourth-order valence-corrected chi connectivity index (χ4v) is 5.27. The molecule has 0 atom stereocenters. The predicted molar refractivity (Wildman–Crippen MR) is 182 cm³/mol. The van der Waals surface area contributed by atoms with Gasteiger partial charge < -0.3 is 0 Å². The standard InChI is InChI=1S/C40H38N4/c1-39(2,3)31-17-13-27(14-18-31)29-23-35(33-11-7-9-21-41-33)43-37(25-29)38-26-30(24-36(44-38)34-12-8-10-22-42-34)28-15-19-32(20-16-28)40(4,5)6/h7-26H,1-6H3. The van der Waals surface area contributed by atoms with Crippen LogP contribution < -0.4 is 0 Å². The van der Waals surface area contributed by atoms with Crippen molar-refractivity contribution in [2.24, 2.45) is 0 Å². The Hall–Kier alpha value is -4.96. The molecule has 4 heterocycles. The van der Waals surface area contributed by atoms with Gasteiger partial charge in [-0.05, 0) is 92.7 Å². The lowest BCUT2D eigenvalue weighted by atomic mass is 9.86. The summed E-state index contributed by atoms with van der Waals surface area (Å²) in [7, 11) is 0. The van der Waals surface area contributed by atoms with E-state index < -0.39 is 0 Å². The molecule has 0 unspecified atom stereocenters. The van der Waals surface area contributed by atoms with Crippen LogP contribution in [0, 0.1) is 0 Å². The van der Waals surface area contributed by atoms with Gasteiger partial charge in [0.25, 0.3) is 0 Å². The number of rotatable bonds is 5. The van der Waals surface area contributed by atoms with Crippen molar-refractivity contribution in [1.29, 1.82) is 0 Å². The number of hydrogen-bond acceptors (Lipinski definition) is 4. The Morgan fingerprint density at radius 1 is 0.364 bits per heavy atom. The van der Waals surface area contributed by atoms with Crippen molar-refractivity contribution >= 4 is 0 Å². The second kappa shape index (κ2) is 11.6. The largest absolute Gasteiger partial charge is 0.255 e. The first-order valence-electron chi connectivity index (χ1n) is 15.1. The lowest BCUT2D eigenvalue weighted by Gasteiger charge is -2.19. The monoisotopic (exact) mass is 574 g/mol. The van der Waals surface area contributed by atoms with E-state index in [1.807, 2.05) is 36.4 Å². The van der Waals surface area contributed by atoms with E-state index in [9.17, 15) is 0 Å². The third-order valence-corrected chi connectivity index (χ3v) is 7.94. The summed E-state index contributed by atoms with van der Waals surface area (Å²) in [4.78, 5) is 19.5.